The van der Waals surface area contributed by atoms with Crippen molar-refractivity contribution in [2.75, 3.05) is 17.6 Å². The van der Waals surface area contributed by atoms with E-state index in [2.05, 4.69) is 26.9 Å². The zero-order valence-electron chi connectivity index (χ0n) is 15.8. The van der Waals surface area contributed by atoms with Crippen LogP contribution in [0.3, 0.4) is 0 Å². The van der Waals surface area contributed by atoms with Crippen molar-refractivity contribution in [2.24, 2.45) is 5.92 Å². The van der Waals surface area contributed by atoms with E-state index in [1.54, 1.807) is 29.4 Å². The summed E-state index contributed by atoms with van der Waals surface area (Å²) in [5, 5.41) is 4.03. The van der Waals surface area contributed by atoms with Gasteiger partial charge in [0.1, 0.15) is 17.0 Å². The van der Waals surface area contributed by atoms with Gasteiger partial charge in [0.25, 0.3) is 0 Å². The van der Waals surface area contributed by atoms with E-state index in [1.165, 1.54) is 22.8 Å². The zero-order valence-corrected chi connectivity index (χ0v) is 17.5. The summed E-state index contributed by atoms with van der Waals surface area (Å²) in [6, 6.07) is 5.20. The predicted octanol–water partition coefficient (Wildman–Crippen LogP) is 5.82. The van der Waals surface area contributed by atoms with Crippen LogP contribution in [0, 0.1) is 5.92 Å². The lowest BCUT2D eigenvalue weighted by atomic mass is 9.88. The van der Waals surface area contributed by atoms with Crippen LogP contribution in [0.25, 0.3) is 10.2 Å². The van der Waals surface area contributed by atoms with E-state index >= 15 is 0 Å². The molecule has 0 saturated carbocycles. The Morgan fingerprint density at radius 1 is 1.28 bits per heavy atom. The second kappa shape index (κ2) is 8.49. The van der Waals surface area contributed by atoms with Crippen LogP contribution in [0.15, 0.2) is 30.6 Å². The molecule has 0 bridgehead atoms. The van der Waals surface area contributed by atoms with Crippen molar-refractivity contribution >= 4 is 45.0 Å². The number of fused-ring (bicyclic) bond motifs is 3. The van der Waals surface area contributed by atoms with Crippen molar-refractivity contribution in [3.63, 3.8) is 0 Å². The van der Waals surface area contributed by atoms with Gasteiger partial charge in [-0.05, 0) is 48.9 Å². The van der Waals surface area contributed by atoms with Crippen LogP contribution in [-0.4, -0.2) is 22.3 Å². The number of anilines is 2. The average Bonchev–Trinajstić information content (AvgIpc) is 3.06. The molecule has 1 atom stereocenters. The summed E-state index contributed by atoms with van der Waals surface area (Å²) in [5.41, 5.74) is 0.925. The van der Waals surface area contributed by atoms with E-state index in [1.807, 2.05) is 0 Å². The minimum absolute atomic E-state index is 0.370. The summed E-state index contributed by atoms with van der Waals surface area (Å²) in [5.74, 6) is 2.20. The molecule has 3 aromatic rings. The fourth-order valence-corrected chi connectivity index (χ4v) is 5.50. The van der Waals surface area contributed by atoms with Crippen molar-refractivity contribution in [3.8, 4) is 0 Å². The molecule has 0 spiro atoms. The van der Waals surface area contributed by atoms with E-state index in [0.717, 1.165) is 53.9 Å². The Morgan fingerprint density at radius 3 is 2.93 bits per heavy atom. The molecule has 2 heterocycles. The van der Waals surface area contributed by atoms with Crippen LogP contribution in [0.4, 0.5) is 24.7 Å². The van der Waals surface area contributed by atoms with E-state index in [4.69, 9.17) is 0 Å². The van der Waals surface area contributed by atoms with Gasteiger partial charge in [-0.1, -0.05) is 24.9 Å². The number of hydrogen-bond acceptors (Lipinski definition) is 6. The lowest BCUT2D eigenvalue weighted by Crippen LogP contribution is -2.23. The normalized spacial score (nSPS) is 16.8. The monoisotopic (exact) mass is 438 g/mol. The number of nitrogens with zero attached hydrogens (tertiary/aromatic N) is 2. The van der Waals surface area contributed by atoms with Crippen molar-refractivity contribution in [2.45, 2.75) is 32.4 Å². The second-order valence-corrected chi connectivity index (χ2v) is 9.24. The molecule has 0 amide bonds. The third-order valence-electron chi connectivity index (χ3n) is 5.02. The molecule has 29 heavy (non-hydrogen) atoms. The Kier molecular flexibility index (Phi) is 5.98. The van der Waals surface area contributed by atoms with Crippen LogP contribution < -0.4 is 10.0 Å². The summed E-state index contributed by atoms with van der Waals surface area (Å²) in [7, 11) is 0. The molecule has 4 rings (SSSR count). The Labute approximate surface area is 175 Å². The third-order valence-corrected chi connectivity index (χ3v) is 6.84. The number of rotatable bonds is 6. The van der Waals surface area contributed by atoms with Gasteiger partial charge in [-0.2, -0.15) is 13.2 Å². The number of nitrogens with one attached hydrogen (secondary N) is 2. The molecule has 0 radical (unpaired) electrons. The highest BCUT2D eigenvalue weighted by Crippen LogP contribution is 2.40. The first-order valence-electron chi connectivity index (χ1n) is 9.50. The topological polar surface area (TPSA) is 49.8 Å². The summed E-state index contributed by atoms with van der Waals surface area (Å²) in [6.07, 6.45) is 0.101. The summed E-state index contributed by atoms with van der Waals surface area (Å²) in [6.45, 7) is 3.10. The maximum absolute atomic E-state index is 13.0. The molecule has 0 aliphatic heterocycles. The Morgan fingerprint density at radius 2 is 2.14 bits per heavy atom. The van der Waals surface area contributed by atoms with Gasteiger partial charge in [0.15, 0.2) is 0 Å². The van der Waals surface area contributed by atoms with Gasteiger partial charge < -0.3 is 5.32 Å². The molecule has 1 aliphatic rings. The van der Waals surface area contributed by atoms with Gasteiger partial charge in [0.05, 0.1) is 10.9 Å². The van der Waals surface area contributed by atoms with Crippen LogP contribution in [-0.2, 0) is 19.0 Å². The quantitative estimate of drug-likeness (QED) is 0.375. The van der Waals surface area contributed by atoms with E-state index < -0.39 is 11.7 Å². The molecule has 1 aliphatic carbocycles. The fourth-order valence-electron chi connectivity index (χ4n) is 3.64. The van der Waals surface area contributed by atoms with Gasteiger partial charge >= 0.3 is 6.18 Å². The molecule has 0 saturated heterocycles. The summed E-state index contributed by atoms with van der Waals surface area (Å²) in [4.78, 5) is 11.0. The van der Waals surface area contributed by atoms with Gasteiger partial charge in [-0.15, -0.1) is 11.3 Å². The maximum atomic E-state index is 13.0. The first kappa shape index (κ1) is 20.4. The van der Waals surface area contributed by atoms with Crippen molar-refractivity contribution in [1.82, 2.24) is 14.7 Å². The molecule has 2 aromatic heterocycles. The SMILES string of the molecule is CCSNCC1CCc2c(sc3ncnc(Nc4cccc(C(F)(F)F)c4)c23)C1. The first-order chi connectivity index (χ1) is 14.0. The van der Waals surface area contributed by atoms with Crippen LogP contribution in [0.1, 0.15) is 29.3 Å². The van der Waals surface area contributed by atoms with E-state index in [9.17, 15) is 13.2 Å². The minimum Gasteiger partial charge on any atom is -0.340 e. The number of halogens is 3. The second-order valence-electron chi connectivity index (χ2n) is 7.00. The van der Waals surface area contributed by atoms with Gasteiger partial charge in [-0.25, -0.2) is 9.97 Å². The van der Waals surface area contributed by atoms with Crippen LogP contribution in [0.2, 0.25) is 0 Å². The fraction of sp³-hybridized carbons (Fsp3) is 0.400. The Bertz CT molecular complexity index is 1000. The highest BCUT2D eigenvalue weighted by molar-refractivity contribution is 7.97. The van der Waals surface area contributed by atoms with Crippen LogP contribution >= 0.6 is 23.3 Å². The minimum atomic E-state index is -4.38. The molecule has 4 nitrogen and oxygen atoms in total. The number of aryl methyl sites for hydroxylation is 1. The third kappa shape index (κ3) is 4.51. The molecule has 9 heteroatoms. The lowest BCUT2D eigenvalue weighted by Gasteiger charge is -2.22. The van der Waals surface area contributed by atoms with Crippen molar-refractivity contribution in [1.29, 1.82) is 0 Å². The number of alkyl halides is 3. The van der Waals surface area contributed by atoms with E-state index in [0.29, 0.717) is 17.4 Å². The van der Waals surface area contributed by atoms with Crippen LogP contribution in [0.5, 0.6) is 0 Å². The molecule has 154 valence electrons. The van der Waals surface area contributed by atoms with Gasteiger partial charge in [0, 0.05) is 22.9 Å². The number of thiophene rings is 1. The Hall–Kier alpha value is -1.84. The Balaban J connectivity index is 1.61. The number of hydrogen-bond donors (Lipinski definition) is 2. The standard InChI is InChI=1S/C20H21F3N4S2/c1-2-28-26-10-12-6-7-15-16(8-12)29-19-17(15)18(24-11-25-19)27-14-5-3-4-13(9-14)20(21,22)23/h3-5,9,11-12,26H,2,6-8,10H2,1H3,(H,24,25,27). The van der Waals surface area contributed by atoms with Crippen molar-refractivity contribution < 1.29 is 13.2 Å². The number of benzene rings is 1. The lowest BCUT2D eigenvalue weighted by molar-refractivity contribution is -0.137. The smallest absolute Gasteiger partial charge is 0.340 e. The molecule has 2 N–H and O–H groups in total. The van der Waals surface area contributed by atoms with Crippen molar-refractivity contribution in [3.05, 3.63) is 46.6 Å². The molecule has 0 fully saturated rings. The summed E-state index contributed by atoms with van der Waals surface area (Å²) >= 11 is 3.40. The first-order valence-corrected chi connectivity index (χ1v) is 11.3. The molecule has 1 aromatic carbocycles. The number of aromatic nitrogens is 2. The largest absolute Gasteiger partial charge is 0.416 e. The van der Waals surface area contributed by atoms with Gasteiger partial charge in [0.2, 0.25) is 0 Å². The molecular weight excluding hydrogens is 417 g/mol. The highest BCUT2D eigenvalue weighted by Gasteiger charge is 2.30. The van der Waals surface area contributed by atoms with E-state index in [-0.39, 0.29) is 0 Å². The molecular formula is C20H21F3N4S2. The zero-order chi connectivity index (χ0) is 20.4. The average molecular weight is 439 g/mol. The maximum Gasteiger partial charge on any atom is 0.416 e. The molecule has 1 unspecified atom stereocenters. The highest BCUT2D eigenvalue weighted by atomic mass is 32.2. The van der Waals surface area contributed by atoms with Gasteiger partial charge in [-0.3, -0.25) is 4.72 Å². The summed E-state index contributed by atoms with van der Waals surface area (Å²) < 4.78 is 42.5. The predicted molar refractivity (Wildman–Crippen MR) is 114 cm³/mol.